The smallest absolute Gasteiger partial charge is 0.327 e. The summed E-state index contributed by atoms with van der Waals surface area (Å²) >= 11 is 1.27. The molecule has 1 saturated carbocycles. The Morgan fingerprint density at radius 3 is 2.36 bits per heavy atom. The highest BCUT2D eigenvalue weighted by molar-refractivity contribution is 8.01. The summed E-state index contributed by atoms with van der Waals surface area (Å²) in [7, 11) is 0. The quantitative estimate of drug-likeness (QED) is 0.288. The van der Waals surface area contributed by atoms with Gasteiger partial charge in [0.05, 0.1) is 0 Å². The molecular formula is C32H41NO5S. The van der Waals surface area contributed by atoms with E-state index in [1.54, 1.807) is 12.1 Å². The molecule has 1 aliphatic heterocycles. The lowest BCUT2D eigenvalue weighted by molar-refractivity contribution is -0.179. The predicted molar refractivity (Wildman–Crippen MR) is 155 cm³/mol. The van der Waals surface area contributed by atoms with E-state index in [4.69, 9.17) is 4.74 Å². The number of anilines is 1. The van der Waals surface area contributed by atoms with Crippen molar-refractivity contribution in [3.8, 4) is 5.75 Å². The summed E-state index contributed by atoms with van der Waals surface area (Å²) < 4.78 is 6.36. The molecule has 2 atom stereocenters. The van der Waals surface area contributed by atoms with Gasteiger partial charge >= 0.3 is 5.97 Å². The number of ketones is 1. The Kier molecular flexibility index (Phi) is 8.79. The second-order valence-corrected chi connectivity index (χ2v) is 13.4. The molecule has 1 heterocycles. The predicted octanol–water partition coefficient (Wildman–Crippen LogP) is 6.89. The number of nitrogens with one attached hydrogen (secondary N) is 1. The lowest BCUT2D eigenvalue weighted by atomic mass is 9.70. The van der Waals surface area contributed by atoms with Crippen LogP contribution in [0.4, 0.5) is 5.69 Å². The summed E-state index contributed by atoms with van der Waals surface area (Å²) in [6, 6.07) is 11.0. The van der Waals surface area contributed by atoms with Crippen molar-refractivity contribution in [2.24, 2.45) is 5.92 Å². The number of carbonyl (C=O) groups excluding carboxylic acids is 3. The molecule has 1 amide bonds. The Morgan fingerprint density at radius 2 is 1.77 bits per heavy atom. The number of hydrogen-bond acceptors (Lipinski definition) is 6. The number of carbonyl (C=O) groups is 3. The van der Waals surface area contributed by atoms with Crippen molar-refractivity contribution in [1.82, 2.24) is 0 Å². The summed E-state index contributed by atoms with van der Waals surface area (Å²) in [6.07, 6.45) is 6.77. The van der Waals surface area contributed by atoms with Gasteiger partial charge in [-0.05, 0) is 84.9 Å². The fraction of sp³-hybridized carbons (Fsp3) is 0.531. The van der Waals surface area contributed by atoms with Crippen LogP contribution >= 0.6 is 11.8 Å². The average Bonchev–Trinajstić information content (AvgIpc) is 2.87. The molecule has 0 radical (unpaired) electrons. The monoisotopic (exact) mass is 551 g/mol. The van der Waals surface area contributed by atoms with E-state index in [2.05, 4.69) is 26.1 Å². The molecule has 0 aromatic heterocycles. The third kappa shape index (κ3) is 6.86. The SMILES string of the molecule is CC(=O)Nc1cc(C(C)(C)C)c(SC2C(=O)CC(CCc3ccc(O)cc3)(C3CCCCC3)OC2=O)cc1C. The zero-order valence-electron chi connectivity index (χ0n) is 23.8. The fourth-order valence-electron chi connectivity index (χ4n) is 5.96. The molecule has 39 heavy (non-hydrogen) atoms. The van der Waals surface area contributed by atoms with Crippen molar-refractivity contribution < 1.29 is 24.2 Å². The number of aryl methyl sites for hydroxylation is 2. The zero-order valence-corrected chi connectivity index (χ0v) is 24.6. The molecule has 210 valence electrons. The fourth-order valence-corrected chi connectivity index (χ4v) is 7.31. The number of benzene rings is 2. The minimum absolute atomic E-state index is 0.0732. The standard InChI is InChI=1S/C32H41NO5S/c1-20-17-28(25(31(3,4)5)18-26(20)33-21(2)34)39-29-27(36)19-32(38-30(29)37,23-9-7-6-8-10-23)16-15-22-11-13-24(35)14-12-22/h11-14,17-18,23,29,35H,6-10,15-16,19H2,1-5H3,(H,33,34). The highest BCUT2D eigenvalue weighted by atomic mass is 32.2. The van der Waals surface area contributed by atoms with Gasteiger partial charge in [-0.15, -0.1) is 11.8 Å². The maximum Gasteiger partial charge on any atom is 0.327 e. The van der Waals surface area contributed by atoms with Crippen molar-refractivity contribution in [2.75, 3.05) is 5.32 Å². The molecule has 4 rings (SSSR count). The van der Waals surface area contributed by atoms with Crippen LogP contribution < -0.4 is 5.32 Å². The normalized spacial score (nSPS) is 22.4. The molecule has 7 heteroatoms. The number of cyclic esters (lactones) is 1. The first-order valence-corrected chi connectivity index (χ1v) is 14.9. The first kappa shape index (κ1) is 29.2. The Hall–Kier alpha value is -2.80. The molecule has 0 bridgehead atoms. The van der Waals surface area contributed by atoms with Crippen LogP contribution in [0.5, 0.6) is 5.75 Å². The molecule has 6 nitrogen and oxygen atoms in total. The minimum Gasteiger partial charge on any atom is -0.508 e. The number of hydrogen-bond donors (Lipinski definition) is 2. The van der Waals surface area contributed by atoms with Crippen LogP contribution in [0.15, 0.2) is 41.3 Å². The molecule has 0 spiro atoms. The number of aromatic hydroxyl groups is 1. The number of amides is 1. The van der Waals surface area contributed by atoms with Crippen LogP contribution in [0.1, 0.15) is 89.3 Å². The van der Waals surface area contributed by atoms with Crippen LogP contribution in [0.3, 0.4) is 0 Å². The van der Waals surface area contributed by atoms with E-state index >= 15 is 0 Å². The van der Waals surface area contributed by atoms with Gasteiger partial charge in [0, 0.05) is 23.9 Å². The van der Waals surface area contributed by atoms with Crippen molar-refractivity contribution in [3.05, 3.63) is 53.1 Å². The number of Topliss-reactive ketones (excluding diaryl/α,β-unsaturated/α-hetero) is 1. The molecule has 2 N–H and O–H groups in total. The van der Waals surface area contributed by atoms with Crippen molar-refractivity contribution in [3.63, 3.8) is 0 Å². The van der Waals surface area contributed by atoms with Crippen LogP contribution in [0.25, 0.3) is 0 Å². The second kappa shape index (κ2) is 11.7. The highest BCUT2D eigenvalue weighted by Crippen LogP contribution is 2.46. The van der Waals surface area contributed by atoms with Gasteiger partial charge in [0.1, 0.15) is 11.4 Å². The van der Waals surface area contributed by atoms with Gasteiger partial charge in [-0.3, -0.25) is 14.4 Å². The summed E-state index contributed by atoms with van der Waals surface area (Å²) in [5, 5.41) is 11.6. The molecule has 2 unspecified atom stereocenters. The van der Waals surface area contributed by atoms with Gasteiger partial charge in [0.25, 0.3) is 0 Å². The van der Waals surface area contributed by atoms with Gasteiger partial charge in [-0.2, -0.15) is 0 Å². The largest absolute Gasteiger partial charge is 0.508 e. The molecule has 2 fully saturated rings. The van der Waals surface area contributed by atoms with Crippen molar-refractivity contribution in [2.45, 2.75) is 107 Å². The Labute approximate surface area is 236 Å². The van der Waals surface area contributed by atoms with E-state index in [0.717, 1.165) is 53.0 Å². The molecule has 2 aromatic rings. The summed E-state index contributed by atoms with van der Waals surface area (Å²) in [4.78, 5) is 40.0. The summed E-state index contributed by atoms with van der Waals surface area (Å²) in [5.74, 6) is -0.274. The first-order valence-electron chi connectivity index (χ1n) is 14.0. The van der Waals surface area contributed by atoms with E-state index in [-0.39, 0.29) is 35.2 Å². The molecule has 2 aromatic carbocycles. The number of esters is 1. The Balaban J connectivity index is 1.60. The number of rotatable bonds is 7. The van der Waals surface area contributed by atoms with Crippen molar-refractivity contribution >= 4 is 35.1 Å². The molecule has 1 saturated heterocycles. The van der Waals surface area contributed by atoms with E-state index < -0.39 is 16.8 Å². The van der Waals surface area contributed by atoms with Crippen LogP contribution in [-0.2, 0) is 31.0 Å². The number of phenolic OH excluding ortho intramolecular Hbond substituents is 1. The number of ether oxygens (including phenoxy) is 1. The zero-order chi connectivity index (χ0) is 28.4. The summed E-state index contributed by atoms with van der Waals surface area (Å²) in [5.41, 5.74) is 2.58. The van der Waals surface area contributed by atoms with Crippen LogP contribution in [-0.4, -0.2) is 33.6 Å². The van der Waals surface area contributed by atoms with Gasteiger partial charge in [0.15, 0.2) is 11.0 Å². The number of thioether (sulfide) groups is 1. The molecule has 2 aliphatic rings. The average molecular weight is 552 g/mol. The highest BCUT2D eigenvalue weighted by Gasteiger charge is 2.51. The maximum absolute atomic E-state index is 13.8. The van der Waals surface area contributed by atoms with Gasteiger partial charge in [-0.1, -0.05) is 52.2 Å². The van der Waals surface area contributed by atoms with E-state index in [1.807, 2.05) is 31.2 Å². The third-order valence-electron chi connectivity index (χ3n) is 8.10. The third-order valence-corrected chi connectivity index (χ3v) is 9.38. The minimum atomic E-state index is -0.914. The molecule has 1 aliphatic carbocycles. The second-order valence-electron chi connectivity index (χ2n) is 12.2. The van der Waals surface area contributed by atoms with Crippen molar-refractivity contribution in [1.29, 1.82) is 0 Å². The summed E-state index contributed by atoms with van der Waals surface area (Å²) in [6.45, 7) is 9.64. The Bertz CT molecular complexity index is 1210. The van der Waals surface area contributed by atoms with Gasteiger partial charge < -0.3 is 15.2 Å². The lowest BCUT2D eigenvalue weighted by Crippen LogP contribution is -2.53. The maximum atomic E-state index is 13.8. The van der Waals surface area contributed by atoms with E-state index in [1.165, 1.54) is 25.1 Å². The first-order chi connectivity index (χ1) is 18.4. The van der Waals surface area contributed by atoms with E-state index in [0.29, 0.717) is 12.8 Å². The molecular weight excluding hydrogens is 510 g/mol. The topological polar surface area (TPSA) is 92.7 Å². The number of phenols is 1. The van der Waals surface area contributed by atoms with Gasteiger partial charge in [0.2, 0.25) is 5.91 Å². The van der Waals surface area contributed by atoms with Crippen LogP contribution in [0.2, 0.25) is 0 Å². The van der Waals surface area contributed by atoms with Crippen LogP contribution in [0, 0.1) is 12.8 Å². The van der Waals surface area contributed by atoms with Gasteiger partial charge in [-0.25, -0.2) is 0 Å². The lowest BCUT2D eigenvalue weighted by Gasteiger charge is -2.45. The van der Waals surface area contributed by atoms with E-state index in [9.17, 15) is 19.5 Å². The Morgan fingerprint density at radius 1 is 1.10 bits per heavy atom.